The number of carbonyl (C=O) groups is 2. The summed E-state index contributed by atoms with van der Waals surface area (Å²) in [7, 11) is 0. The molecule has 1 saturated heterocycles. The van der Waals surface area contributed by atoms with Crippen LogP contribution in [0.3, 0.4) is 0 Å². The third-order valence-electron chi connectivity index (χ3n) is 4.50. The Morgan fingerprint density at radius 1 is 1.16 bits per heavy atom. The van der Waals surface area contributed by atoms with Crippen molar-refractivity contribution >= 4 is 23.7 Å². The molecule has 0 saturated carbocycles. The minimum atomic E-state index is -1.10. The first kappa shape index (κ1) is 15.0. The summed E-state index contributed by atoms with van der Waals surface area (Å²) in [5, 5.41) is 11.0. The second-order valence-corrected chi connectivity index (χ2v) is 7.13. The van der Waals surface area contributed by atoms with Gasteiger partial charge in [-0.15, -0.1) is 11.8 Å². The first-order valence-electron chi connectivity index (χ1n) is 8.55. The lowest BCUT2D eigenvalue weighted by atomic mass is 9.98. The van der Waals surface area contributed by atoms with Gasteiger partial charge in [0.05, 0.1) is 1.37 Å². The van der Waals surface area contributed by atoms with E-state index in [9.17, 15) is 9.59 Å². The third kappa shape index (κ3) is 2.92. The van der Waals surface area contributed by atoms with E-state index in [0.29, 0.717) is 5.75 Å². The highest BCUT2D eigenvalue weighted by atomic mass is 32.2. The Morgan fingerprint density at radius 3 is 2.32 bits per heavy atom. The Kier molecular flexibility index (Phi) is 3.92. The highest BCUT2D eigenvalue weighted by Crippen LogP contribution is 2.44. The summed E-state index contributed by atoms with van der Waals surface area (Å²) in [5.74, 6) is -1.64. The van der Waals surface area contributed by atoms with Crippen LogP contribution in [-0.2, 0) is 14.3 Å². The number of fused-ring (bicyclic) bond motifs is 3. The molecule has 1 fully saturated rings. The summed E-state index contributed by atoms with van der Waals surface area (Å²) in [5.41, 5.74) is 4.05. The van der Waals surface area contributed by atoms with Gasteiger partial charge in [-0.2, -0.15) is 0 Å². The van der Waals surface area contributed by atoms with E-state index >= 15 is 0 Å². The van der Waals surface area contributed by atoms with Crippen molar-refractivity contribution in [1.29, 1.82) is 0 Å². The maximum atomic E-state index is 12.4. The Labute approximate surface area is 150 Å². The lowest BCUT2D eigenvalue weighted by Gasteiger charge is -2.16. The second-order valence-electron chi connectivity index (χ2n) is 6.00. The van der Waals surface area contributed by atoms with Crippen molar-refractivity contribution in [1.82, 2.24) is 5.32 Å². The second kappa shape index (κ2) is 6.54. The van der Waals surface area contributed by atoms with Gasteiger partial charge in [0.2, 0.25) is 0 Å². The molecule has 1 aliphatic carbocycles. The first-order valence-corrected chi connectivity index (χ1v) is 9.02. The van der Waals surface area contributed by atoms with E-state index in [1.165, 1.54) is 11.8 Å². The van der Waals surface area contributed by atoms with E-state index < -0.39 is 29.9 Å². The van der Waals surface area contributed by atoms with Gasteiger partial charge < -0.3 is 9.84 Å². The maximum Gasteiger partial charge on any atom is 0.333 e. The molecule has 4 rings (SSSR count). The SMILES string of the molecule is [2H]C(OC(=O)C1NC(C(=O)O)CS1)C1c2ccccc2-c2ccccc21. The standard InChI is InChI=1S/C19H17NO4S/c21-18(22)16-10-25-17(20-16)19(23)24-9-15-13-7-3-1-5-11(13)12-6-2-4-8-14(12)15/h1-8,15-17,20H,9-10H2,(H,21,22)/i9D. The molecule has 128 valence electrons. The fourth-order valence-electron chi connectivity index (χ4n) is 3.29. The summed E-state index contributed by atoms with van der Waals surface area (Å²) < 4.78 is 13.9. The zero-order valence-corrected chi connectivity index (χ0v) is 14.0. The van der Waals surface area contributed by atoms with Crippen molar-refractivity contribution in [2.45, 2.75) is 17.3 Å². The van der Waals surface area contributed by atoms with Gasteiger partial charge in [-0.3, -0.25) is 10.1 Å². The molecule has 2 N–H and O–H groups in total. The Hall–Kier alpha value is -2.31. The first-order chi connectivity index (χ1) is 12.6. The topological polar surface area (TPSA) is 75.6 Å². The average molecular weight is 356 g/mol. The Bertz CT molecular complexity index is 829. The van der Waals surface area contributed by atoms with Crippen LogP contribution < -0.4 is 5.32 Å². The van der Waals surface area contributed by atoms with E-state index in [4.69, 9.17) is 11.2 Å². The molecular weight excluding hydrogens is 338 g/mol. The number of nitrogens with one attached hydrogen (secondary N) is 1. The summed E-state index contributed by atoms with van der Waals surface area (Å²) in [4.78, 5) is 23.4. The Balaban J connectivity index is 1.54. The van der Waals surface area contributed by atoms with Crippen LogP contribution in [0.15, 0.2) is 48.5 Å². The molecule has 5 nitrogen and oxygen atoms in total. The number of benzene rings is 2. The van der Waals surface area contributed by atoms with Crippen LogP contribution in [0.5, 0.6) is 0 Å². The van der Waals surface area contributed by atoms with Crippen LogP contribution >= 0.6 is 11.8 Å². The van der Waals surface area contributed by atoms with E-state index in [1.54, 1.807) is 0 Å². The number of rotatable bonds is 4. The molecule has 1 heterocycles. The predicted octanol–water partition coefficient (Wildman–Crippen LogP) is 2.46. The Morgan fingerprint density at radius 2 is 1.76 bits per heavy atom. The number of carbonyl (C=O) groups excluding carboxylic acids is 1. The van der Waals surface area contributed by atoms with Crippen molar-refractivity contribution in [2.75, 3.05) is 12.3 Å². The average Bonchev–Trinajstić information content (AvgIpc) is 3.25. The van der Waals surface area contributed by atoms with Crippen LogP contribution in [0.2, 0.25) is 0 Å². The molecule has 2 aromatic carbocycles. The molecular formula is C19H17NO4S. The maximum absolute atomic E-state index is 12.4. The molecule has 6 heteroatoms. The van der Waals surface area contributed by atoms with Crippen molar-refractivity contribution < 1.29 is 20.8 Å². The molecule has 0 spiro atoms. The smallest absolute Gasteiger partial charge is 0.333 e. The summed E-state index contributed by atoms with van der Waals surface area (Å²) in [6.07, 6.45) is 0. The number of aliphatic carboxylic acids is 1. The van der Waals surface area contributed by atoms with Crippen molar-refractivity contribution in [3.63, 3.8) is 0 Å². The van der Waals surface area contributed by atoms with Gasteiger partial charge in [-0.25, -0.2) is 4.79 Å². The molecule has 3 unspecified atom stereocenters. The zero-order chi connectivity index (χ0) is 18.3. The monoisotopic (exact) mass is 356 g/mol. The summed E-state index contributed by atoms with van der Waals surface area (Å²) in [6.45, 7) is -1.10. The van der Waals surface area contributed by atoms with Crippen molar-refractivity contribution in [3.05, 3.63) is 59.7 Å². The fourth-order valence-corrected chi connectivity index (χ4v) is 4.36. The number of hydrogen-bond acceptors (Lipinski definition) is 5. The van der Waals surface area contributed by atoms with Crippen LogP contribution in [-0.4, -0.2) is 40.8 Å². The lowest BCUT2D eigenvalue weighted by molar-refractivity contribution is -0.144. The van der Waals surface area contributed by atoms with Crippen LogP contribution in [0.1, 0.15) is 18.4 Å². The molecule has 1 aliphatic heterocycles. The quantitative estimate of drug-likeness (QED) is 0.820. The highest BCUT2D eigenvalue weighted by Gasteiger charge is 2.36. The molecule has 2 aromatic rings. The largest absolute Gasteiger partial charge is 0.480 e. The van der Waals surface area contributed by atoms with Crippen LogP contribution in [0, 0.1) is 0 Å². The molecule has 0 aromatic heterocycles. The zero-order valence-electron chi connectivity index (χ0n) is 14.2. The van der Waals surface area contributed by atoms with E-state index in [0.717, 1.165) is 22.3 Å². The lowest BCUT2D eigenvalue weighted by Crippen LogP contribution is -2.40. The van der Waals surface area contributed by atoms with Crippen molar-refractivity contribution in [3.8, 4) is 11.1 Å². The van der Waals surface area contributed by atoms with Gasteiger partial charge >= 0.3 is 11.9 Å². The predicted molar refractivity (Wildman–Crippen MR) is 95.5 cm³/mol. The van der Waals surface area contributed by atoms with E-state index in [2.05, 4.69) is 5.32 Å². The number of hydrogen-bond donors (Lipinski definition) is 2. The number of carboxylic acids is 1. The van der Waals surface area contributed by atoms with Crippen LogP contribution in [0.4, 0.5) is 0 Å². The summed E-state index contributed by atoms with van der Waals surface area (Å²) in [6, 6.07) is 14.9. The highest BCUT2D eigenvalue weighted by molar-refractivity contribution is 8.00. The molecule has 25 heavy (non-hydrogen) atoms. The number of esters is 1. The van der Waals surface area contributed by atoms with Gasteiger partial charge in [0.25, 0.3) is 0 Å². The number of ether oxygens (including phenoxy) is 1. The summed E-state index contributed by atoms with van der Waals surface area (Å²) >= 11 is 1.19. The molecule has 0 radical (unpaired) electrons. The van der Waals surface area contributed by atoms with Gasteiger partial charge in [-0.05, 0) is 22.3 Å². The third-order valence-corrected chi connectivity index (χ3v) is 5.68. The minimum absolute atomic E-state index is 0.298. The number of carboxylic acid groups (broad SMARTS) is 1. The normalized spacial score (nSPS) is 23.4. The molecule has 3 atom stereocenters. The molecule has 2 aliphatic rings. The molecule has 0 amide bonds. The van der Waals surface area contributed by atoms with Gasteiger partial charge in [0.1, 0.15) is 12.6 Å². The van der Waals surface area contributed by atoms with E-state index in [1.807, 2.05) is 48.5 Å². The van der Waals surface area contributed by atoms with Crippen LogP contribution in [0.25, 0.3) is 11.1 Å². The minimum Gasteiger partial charge on any atom is -0.480 e. The fraction of sp³-hybridized carbons (Fsp3) is 0.263. The van der Waals surface area contributed by atoms with Gasteiger partial charge in [0.15, 0.2) is 5.37 Å². The van der Waals surface area contributed by atoms with Gasteiger partial charge in [0, 0.05) is 11.7 Å². The number of thioether (sulfide) groups is 1. The van der Waals surface area contributed by atoms with E-state index in [-0.39, 0.29) is 5.92 Å². The molecule has 0 bridgehead atoms. The van der Waals surface area contributed by atoms with Gasteiger partial charge in [-0.1, -0.05) is 48.5 Å². The van der Waals surface area contributed by atoms with Crippen molar-refractivity contribution in [2.24, 2.45) is 0 Å².